The highest BCUT2D eigenvalue weighted by Gasteiger charge is 2.23. The summed E-state index contributed by atoms with van der Waals surface area (Å²) < 4.78 is 5.78. The number of rotatable bonds is 5. The molecule has 0 fully saturated rings. The molecule has 0 radical (unpaired) electrons. The molecule has 1 heterocycles. The van der Waals surface area contributed by atoms with Crippen molar-refractivity contribution >= 4 is 0 Å². The summed E-state index contributed by atoms with van der Waals surface area (Å²) in [7, 11) is 4.16. The molecule has 0 spiro atoms. The summed E-state index contributed by atoms with van der Waals surface area (Å²) in [5.41, 5.74) is 0.903. The van der Waals surface area contributed by atoms with E-state index in [4.69, 9.17) is 4.74 Å². The minimum absolute atomic E-state index is 0.213. The van der Waals surface area contributed by atoms with Crippen LogP contribution >= 0.6 is 0 Å². The van der Waals surface area contributed by atoms with Crippen LogP contribution in [0.2, 0.25) is 0 Å². The van der Waals surface area contributed by atoms with E-state index in [-0.39, 0.29) is 6.04 Å². The van der Waals surface area contributed by atoms with E-state index in [0.29, 0.717) is 13.0 Å². The Hall–Kier alpha value is -1.10. The summed E-state index contributed by atoms with van der Waals surface area (Å²) in [4.78, 5) is 2.18. The largest absolute Gasteiger partial charge is 0.492 e. The molecule has 19 heavy (non-hydrogen) atoms. The molecule has 0 aromatic heterocycles. The van der Waals surface area contributed by atoms with Crippen molar-refractivity contribution in [3.63, 3.8) is 0 Å². The van der Waals surface area contributed by atoms with Gasteiger partial charge in [-0.2, -0.15) is 0 Å². The average molecular weight is 264 g/mol. The summed E-state index contributed by atoms with van der Waals surface area (Å²) in [6.07, 6.45) is 1.37. The lowest BCUT2D eigenvalue weighted by atomic mass is 10.0. The molecule has 0 bridgehead atoms. The fraction of sp³-hybridized carbons (Fsp3) is 0.600. The second kappa shape index (κ2) is 6.89. The van der Waals surface area contributed by atoms with Crippen molar-refractivity contribution in [3.05, 3.63) is 29.8 Å². The molecule has 0 saturated carbocycles. The molecule has 1 aromatic carbocycles. The number of hydrogen-bond acceptors (Lipinski definition) is 4. The van der Waals surface area contributed by atoms with Crippen molar-refractivity contribution in [3.8, 4) is 5.75 Å². The van der Waals surface area contributed by atoms with E-state index in [1.807, 2.05) is 24.3 Å². The highest BCUT2D eigenvalue weighted by molar-refractivity contribution is 5.35. The van der Waals surface area contributed by atoms with Gasteiger partial charge in [0.1, 0.15) is 12.4 Å². The lowest BCUT2D eigenvalue weighted by molar-refractivity contribution is 0.151. The molecule has 1 aliphatic rings. The third-order valence-corrected chi connectivity index (χ3v) is 3.44. The highest BCUT2D eigenvalue weighted by atomic mass is 16.5. The summed E-state index contributed by atoms with van der Waals surface area (Å²) in [5.74, 6) is 0.813. The van der Waals surface area contributed by atoms with Crippen molar-refractivity contribution < 1.29 is 9.84 Å². The van der Waals surface area contributed by atoms with Gasteiger partial charge < -0.3 is 20.1 Å². The van der Waals surface area contributed by atoms with Crippen LogP contribution in [0.25, 0.3) is 0 Å². The smallest absolute Gasteiger partial charge is 0.125 e. The third-order valence-electron chi connectivity index (χ3n) is 3.44. The zero-order chi connectivity index (χ0) is 13.7. The third kappa shape index (κ3) is 4.20. The number of benzene rings is 1. The standard InChI is InChI=1S/C15H24N2O2/c1-17(2)9-5-8-16-12-10-14(18)13-6-3-4-7-15(13)19-11-12/h3-4,6-7,12,14,16,18H,5,8-11H2,1-2H3/t12-,14-/m0/s1. The summed E-state index contributed by atoms with van der Waals surface area (Å²) in [5, 5.41) is 13.7. The SMILES string of the molecule is CN(C)CCCN[C@@H]1COc2ccccc2[C@@H](O)C1. The average Bonchev–Trinajstić information content (AvgIpc) is 2.55. The van der Waals surface area contributed by atoms with Crippen molar-refractivity contribution in [2.45, 2.75) is 25.0 Å². The van der Waals surface area contributed by atoms with Gasteiger partial charge in [-0.3, -0.25) is 0 Å². The molecule has 0 aliphatic carbocycles. The molecule has 0 unspecified atom stereocenters. The Kier molecular flexibility index (Phi) is 5.19. The Balaban J connectivity index is 1.84. The normalized spacial score (nSPS) is 22.7. The van der Waals surface area contributed by atoms with E-state index in [2.05, 4.69) is 24.3 Å². The predicted molar refractivity (Wildman–Crippen MR) is 76.5 cm³/mol. The van der Waals surface area contributed by atoms with Crippen molar-refractivity contribution in [2.75, 3.05) is 33.8 Å². The summed E-state index contributed by atoms with van der Waals surface area (Å²) in [6.45, 7) is 2.65. The number of aliphatic hydroxyl groups is 1. The van der Waals surface area contributed by atoms with Crippen molar-refractivity contribution in [2.24, 2.45) is 0 Å². The van der Waals surface area contributed by atoms with Crippen LogP contribution in [0.5, 0.6) is 5.75 Å². The second-order valence-corrected chi connectivity index (χ2v) is 5.41. The maximum Gasteiger partial charge on any atom is 0.125 e. The molecule has 1 aromatic rings. The van der Waals surface area contributed by atoms with Gasteiger partial charge in [0.2, 0.25) is 0 Å². The number of hydrogen-bond donors (Lipinski definition) is 2. The number of ether oxygens (including phenoxy) is 1. The first kappa shape index (κ1) is 14.3. The van der Waals surface area contributed by atoms with Gasteiger partial charge in [-0.15, -0.1) is 0 Å². The van der Waals surface area contributed by atoms with Gasteiger partial charge in [0.25, 0.3) is 0 Å². The van der Waals surface area contributed by atoms with Crippen LogP contribution in [-0.4, -0.2) is 49.8 Å². The van der Waals surface area contributed by atoms with Gasteiger partial charge in [-0.05, 0) is 46.1 Å². The first-order chi connectivity index (χ1) is 9.16. The van der Waals surface area contributed by atoms with E-state index < -0.39 is 6.10 Å². The first-order valence-corrected chi connectivity index (χ1v) is 6.94. The van der Waals surface area contributed by atoms with Gasteiger partial charge in [-0.25, -0.2) is 0 Å². The van der Waals surface area contributed by atoms with E-state index in [1.165, 1.54) is 0 Å². The van der Waals surface area contributed by atoms with Crippen LogP contribution in [-0.2, 0) is 0 Å². The number of nitrogens with one attached hydrogen (secondary N) is 1. The fourth-order valence-corrected chi connectivity index (χ4v) is 2.39. The number of para-hydroxylation sites is 1. The van der Waals surface area contributed by atoms with Gasteiger partial charge in [-0.1, -0.05) is 18.2 Å². The molecule has 2 atom stereocenters. The summed E-state index contributed by atoms with van der Waals surface area (Å²) >= 11 is 0. The van der Waals surface area contributed by atoms with Crippen LogP contribution in [0.3, 0.4) is 0 Å². The van der Waals surface area contributed by atoms with Crippen LogP contribution in [0.4, 0.5) is 0 Å². The van der Waals surface area contributed by atoms with Crippen LogP contribution in [0.15, 0.2) is 24.3 Å². The van der Waals surface area contributed by atoms with Gasteiger partial charge in [0.15, 0.2) is 0 Å². The Bertz CT molecular complexity index is 395. The van der Waals surface area contributed by atoms with Crippen LogP contribution in [0, 0.1) is 0 Å². The Labute approximate surface area is 115 Å². The topological polar surface area (TPSA) is 44.7 Å². The fourth-order valence-electron chi connectivity index (χ4n) is 2.39. The monoisotopic (exact) mass is 264 g/mol. The number of aliphatic hydroxyl groups excluding tert-OH is 1. The minimum Gasteiger partial charge on any atom is -0.492 e. The maximum atomic E-state index is 10.2. The molecular weight excluding hydrogens is 240 g/mol. The Morgan fingerprint density at radius 1 is 1.37 bits per heavy atom. The number of fused-ring (bicyclic) bond motifs is 1. The predicted octanol–water partition coefficient (Wildman–Crippen LogP) is 1.41. The van der Waals surface area contributed by atoms with Crippen molar-refractivity contribution in [1.82, 2.24) is 10.2 Å². The lowest BCUT2D eigenvalue weighted by Crippen LogP contribution is -2.36. The number of nitrogens with zero attached hydrogens (tertiary/aromatic N) is 1. The molecular formula is C15H24N2O2. The Morgan fingerprint density at radius 2 is 2.16 bits per heavy atom. The van der Waals surface area contributed by atoms with Gasteiger partial charge in [0.05, 0.1) is 6.10 Å². The van der Waals surface area contributed by atoms with E-state index in [1.54, 1.807) is 0 Å². The zero-order valence-electron chi connectivity index (χ0n) is 11.8. The van der Waals surface area contributed by atoms with Crippen LogP contribution in [0.1, 0.15) is 24.5 Å². The van der Waals surface area contributed by atoms with Crippen molar-refractivity contribution in [1.29, 1.82) is 0 Å². The van der Waals surface area contributed by atoms with E-state index in [9.17, 15) is 5.11 Å². The molecule has 0 amide bonds. The molecule has 4 heteroatoms. The molecule has 106 valence electrons. The Morgan fingerprint density at radius 3 is 2.95 bits per heavy atom. The summed E-state index contributed by atoms with van der Waals surface area (Å²) in [6, 6.07) is 7.96. The molecule has 1 aliphatic heterocycles. The molecule has 2 N–H and O–H groups in total. The molecule has 0 saturated heterocycles. The maximum absolute atomic E-state index is 10.2. The zero-order valence-corrected chi connectivity index (χ0v) is 11.8. The second-order valence-electron chi connectivity index (χ2n) is 5.41. The van der Waals surface area contributed by atoms with Gasteiger partial charge in [0, 0.05) is 11.6 Å². The minimum atomic E-state index is -0.440. The highest BCUT2D eigenvalue weighted by Crippen LogP contribution is 2.30. The van der Waals surface area contributed by atoms with E-state index >= 15 is 0 Å². The van der Waals surface area contributed by atoms with Gasteiger partial charge >= 0.3 is 0 Å². The first-order valence-electron chi connectivity index (χ1n) is 6.94. The van der Waals surface area contributed by atoms with Crippen LogP contribution < -0.4 is 10.1 Å². The quantitative estimate of drug-likeness (QED) is 0.789. The molecule has 4 nitrogen and oxygen atoms in total. The molecule has 2 rings (SSSR count). The van der Waals surface area contributed by atoms with E-state index in [0.717, 1.165) is 30.8 Å². The lowest BCUT2D eigenvalue weighted by Gasteiger charge is -2.18.